The lowest BCUT2D eigenvalue weighted by atomic mass is 10.2. The standard InChI is InChI=1S/C15H22N2O3/c1-19-11-9-16-15(18)17-10-5-6-13(17)12-20-14-7-3-2-4-8-14/h2-4,7-8,13H,5-6,9-12H2,1H3,(H,16,18). The summed E-state index contributed by atoms with van der Waals surface area (Å²) in [5, 5.41) is 2.86. The van der Waals surface area contributed by atoms with E-state index >= 15 is 0 Å². The third kappa shape index (κ3) is 4.13. The van der Waals surface area contributed by atoms with E-state index in [1.807, 2.05) is 35.2 Å². The molecule has 0 aliphatic carbocycles. The van der Waals surface area contributed by atoms with Crippen molar-refractivity contribution in [3.8, 4) is 5.75 Å². The van der Waals surface area contributed by atoms with Crippen molar-refractivity contribution in [3.05, 3.63) is 30.3 Å². The van der Waals surface area contributed by atoms with Crippen molar-refractivity contribution in [2.45, 2.75) is 18.9 Å². The van der Waals surface area contributed by atoms with Crippen LogP contribution in [0.2, 0.25) is 0 Å². The van der Waals surface area contributed by atoms with E-state index in [4.69, 9.17) is 9.47 Å². The Morgan fingerprint density at radius 3 is 2.95 bits per heavy atom. The van der Waals surface area contributed by atoms with Crippen molar-refractivity contribution in [1.29, 1.82) is 0 Å². The molecular formula is C15H22N2O3. The number of carbonyl (C=O) groups is 1. The number of amides is 2. The SMILES string of the molecule is COCCNC(=O)N1CCCC1COc1ccccc1. The molecule has 1 unspecified atom stereocenters. The van der Waals surface area contributed by atoms with Crippen LogP contribution in [0.1, 0.15) is 12.8 Å². The van der Waals surface area contributed by atoms with E-state index < -0.39 is 0 Å². The van der Waals surface area contributed by atoms with Gasteiger partial charge in [0.25, 0.3) is 0 Å². The maximum atomic E-state index is 12.0. The molecule has 110 valence electrons. The van der Waals surface area contributed by atoms with E-state index in [1.54, 1.807) is 7.11 Å². The van der Waals surface area contributed by atoms with E-state index in [9.17, 15) is 4.79 Å². The molecular weight excluding hydrogens is 256 g/mol. The first kappa shape index (κ1) is 14.7. The lowest BCUT2D eigenvalue weighted by molar-refractivity contribution is 0.158. The molecule has 0 aromatic heterocycles. The average molecular weight is 278 g/mol. The predicted octanol–water partition coefficient (Wildman–Crippen LogP) is 1.89. The first-order chi connectivity index (χ1) is 9.81. The van der Waals surface area contributed by atoms with Crippen LogP contribution in [0.25, 0.3) is 0 Å². The van der Waals surface area contributed by atoms with Crippen LogP contribution < -0.4 is 10.1 Å². The predicted molar refractivity (Wildman–Crippen MR) is 76.9 cm³/mol. The fourth-order valence-electron chi connectivity index (χ4n) is 2.35. The zero-order valence-corrected chi connectivity index (χ0v) is 11.9. The number of methoxy groups -OCH3 is 1. The summed E-state index contributed by atoms with van der Waals surface area (Å²) in [4.78, 5) is 13.9. The van der Waals surface area contributed by atoms with Gasteiger partial charge in [0.15, 0.2) is 0 Å². The number of nitrogens with zero attached hydrogens (tertiary/aromatic N) is 1. The summed E-state index contributed by atoms with van der Waals surface area (Å²) < 4.78 is 10.7. The molecule has 1 aromatic carbocycles. The Bertz CT molecular complexity index is 411. The molecule has 0 bridgehead atoms. The first-order valence-electron chi connectivity index (χ1n) is 7.02. The van der Waals surface area contributed by atoms with Crippen LogP contribution in [0, 0.1) is 0 Å². The summed E-state index contributed by atoms with van der Waals surface area (Å²) in [7, 11) is 1.62. The second-order valence-electron chi connectivity index (χ2n) is 4.84. The number of nitrogens with one attached hydrogen (secondary N) is 1. The fraction of sp³-hybridized carbons (Fsp3) is 0.533. The quantitative estimate of drug-likeness (QED) is 0.808. The highest BCUT2D eigenvalue weighted by Gasteiger charge is 2.28. The molecule has 2 rings (SSSR count). The molecule has 20 heavy (non-hydrogen) atoms. The lowest BCUT2D eigenvalue weighted by Crippen LogP contribution is -2.45. The van der Waals surface area contributed by atoms with Crippen molar-refractivity contribution in [1.82, 2.24) is 10.2 Å². The maximum Gasteiger partial charge on any atom is 0.317 e. The molecule has 5 nitrogen and oxygen atoms in total. The summed E-state index contributed by atoms with van der Waals surface area (Å²) in [5.74, 6) is 0.846. The molecule has 0 radical (unpaired) electrons. The highest BCUT2D eigenvalue weighted by molar-refractivity contribution is 5.74. The number of ether oxygens (including phenoxy) is 2. The van der Waals surface area contributed by atoms with Gasteiger partial charge in [-0.2, -0.15) is 0 Å². The summed E-state index contributed by atoms with van der Waals surface area (Å²) in [5.41, 5.74) is 0. The van der Waals surface area contributed by atoms with Crippen LogP contribution in [0.4, 0.5) is 4.79 Å². The number of carbonyl (C=O) groups excluding carboxylic acids is 1. The summed E-state index contributed by atoms with van der Waals surface area (Å²) in [6.45, 7) is 2.41. The molecule has 1 aliphatic rings. The van der Waals surface area contributed by atoms with Gasteiger partial charge in [-0.15, -0.1) is 0 Å². The maximum absolute atomic E-state index is 12.0. The van der Waals surface area contributed by atoms with Gasteiger partial charge in [-0.1, -0.05) is 18.2 Å². The molecule has 1 atom stereocenters. The van der Waals surface area contributed by atoms with E-state index in [0.29, 0.717) is 19.8 Å². The van der Waals surface area contributed by atoms with Crippen molar-refractivity contribution in [2.75, 3.05) is 33.4 Å². The van der Waals surface area contributed by atoms with Crippen molar-refractivity contribution >= 4 is 6.03 Å². The third-order valence-corrected chi connectivity index (χ3v) is 3.41. The highest BCUT2D eigenvalue weighted by atomic mass is 16.5. The van der Waals surface area contributed by atoms with Gasteiger partial charge in [0, 0.05) is 20.2 Å². The fourth-order valence-corrected chi connectivity index (χ4v) is 2.35. The van der Waals surface area contributed by atoms with Gasteiger partial charge in [0.2, 0.25) is 0 Å². The van der Waals surface area contributed by atoms with Crippen LogP contribution in [0.15, 0.2) is 30.3 Å². The number of hydrogen-bond acceptors (Lipinski definition) is 3. The minimum Gasteiger partial charge on any atom is -0.491 e. The summed E-state index contributed by atoms with van der Waals surface area (Å²) in [6, 6.07) is 9.82. The molecule has 1 N–H and O–H groups in total. The molecule has 0 spiro atoms. The molecule has 1 saturated heterocycles. The van der Waals surface area contributed by atoms with Crippen LogP contribution in [0.5, 0.6) is 5.75 Å². The molecule has 1 fully saturated rings. The normalized spacial score (nSPS) is 18.1. The van der Waals surface area contributed by atoms with Crippen molar-refractivity contribution < 1.29 is 14.3 Å². The van der Waals surface area contributed by atoms with Crippen LogP contribution in [0.3, 0.4) is 0 Å². The summed E-state index contributed by atoms with van der Waals surface area (Å²) in [6.07, 6.45) is 2.02. The Morgan fingerprint density at radius 1 is 1.40 bits per heavy atom. The van der Waals surface area contributed by atoms with Gasteiger partial charge >= 0.3 is 6.03 Å². The third-order valence-electron chi connectivity index (χ3n) is 3.41. The number of benzene rings is 1. The number of likely N-dealkylation sites (tertiary alicyclic amines) is 1. The smallest absolute Gasteiger partial charge is 0.317 e. The van der Waals surface area contributed by atoms with Gasteiger partial charge < -0.3 is 19.7 Å². The molecule has 2 amide bonds. The Labute approximate surface area is 119 Å². The van der Waals surface area contributed by atoms with Crippen LogP contribution >= 0.6 is 0 Å². The second kappa shape index (κ2) is 7.75. The zero-order valence-electron chi connectivity index (χ0n) is 11.9. The Balaban J connectivity index is 1.79. The Hall–Kier alpha value is -1.75. The number of rotatable bonds is 6. The number of urea groups is 1. The van der Waals surface area contributed by atoms with Crippen LogP contribution in [-0.4, -0.2) is 50.4 Å². The average Bonchev–Trinajstić information content (AvgIpc) is 2.95. The molecule has 1 heterocycles. The van der Waals surface area contributed by atoms with Gasteiger partial charge in [0.05, 0.1) is 12.6 Å². The van der Waals surface area contributed by atoms with Crippen LogP contribution in [-0.2, 0) is 4.74 Å². The molecule has 5 heteroatoms. The van der Waals surface area contributed by atoms with Gasteiger partial charge in [-0.25, -0.2) is 4.79 Å². The van der Waals surface area contributed by atoms with Crippen molar-refractivity contribution in [2.24, 2.45) is 0 Å². The van der Waals surface area contributed by atoms with Gasteiger partial charge in [0.1, 0.15) is 12.4 Å². The number of para-hydroxylation sites is 1. The monoisotopic (exact) mass is 278 g/mol. The second-order valence-corrected chi connectivity index (χ2v) is 4.84. The van der Waals surface area contributed by atoms with Gasteiger partial charge in [-0.3, -0.25) is 0 Å². The lowest BCUT2D eigenvalue weighted by Gasteiger charge is -2.25. The zero-order chi connectivity index (χ0) is 14.2. The first-order valence-corrected chi connectivity index (χ1v) is 7.02. The minimum absolute atomic E-state index is 0.0267. The number of hydrogen-bond donors (Lipinski definition) is 1. The highest BCUT2D eigenvalue weighted by Crippen LogP contribution is 2.19. The molecule has 1 aromatic rings. The molecule has 0 saturated carbocycles. The minimum atomic E-state index is -0.0267. The topological polar surface area (TPSA) is 50.8 Å². The Morgan fingerprint density at radius 2 is 2.20 bits per heavy atom. The van der Waals surface area contributed by atoms with Crippen molar-refractivity contribution in [3.63, 3.8) is 0 Å². The largest absolute Gasteiger partial charge is 0.491 e. The van der Waals surface area contributed by atoms with E-state index in [0.717, 1.165) is 25.1 Å². The summed E-state index contributed by atoms with van der Waals surface area (Å²) >= 11 is 0. The van der Waals surface area contributed by atoms with E-state index in [2.05, 4.69) is 5.32 Å². The Kier molecular flexibility index (Phi) is 5.68. The molecule has 1 aliphatic heterocycles. The van der Waals surface area contributed by atoms with Gasteiger partial charge in [-0.05, 0) is 25.0 Å². The van der Waals surface area contributed by atoms with E-state index in [-0.39, 0.29) is 12.1 Å². The van der Waals surface area contributed by atoms with E-state index in [1.165, 1.54) is 0 Å².